The van der Waals surface area contributed by atoms with Gasteiger partial charge >= 0.3 is 0 Å². The van der Waals surface area contributed by atoms with Crippen LogP contribution in [0, 0.1) is 5.41 Å². The van der Waals surface area contributed by atoms with Crippen LogP contribution >= 0.6 is 43.2 Å². The largest absolute Gasteiger partial charge is 0.495 e. The summed E-state index contributed by atoms with van der Waals surface area (Å²) in [5.74, 6) is 0.633. The van der Waals surface area contributed by atoms with Crippen molar-refractivity contribution in [3.05, 3.63) is 46.2 Å². The lowest BCUT2D eigenvalue weighted by atomic mass is 9.91. The zero-order valence-electron chi connectivity index (χ0n) is 14.6. The maximum Gasteiger partial charge on any atom is 0.268 e. The van der Waals surface area contributed by atoms with E-state index in [-0.39, 0.29) is 11.3 Å². The number of methoxy groups -OCH3 is 1. The van der Waals surface area contributed by atoms with Crippen molar-refractivity contribution in [2.24, 2.45) is 12.5 Å². The van der Waals surface area contributed by atoms with Gasteiger partial charge in [0.05, 0.1) is 16.1 Å². The molecule has 134 valence electrons. The SMILES string of the molecule is COc1c(Br)cc(Br)cc1/C=c1\s/c(=C\C(=O)C(C)(C)C)n(C)c1=O. The number of ether oxygens (including phenoxy) is 1. The second kappa shape index (κ2) is 7.60. The standard InChI is InChI=1S/C18H19Br2NO3S/c1-18(2,3)14(22)9-15-21(4)17(23)13(25-15)7-10-6-11(19)8-12(20)16(10)24-5/h6-9H,1-5H3/b13-7-,15-9-. The van der Waals surface area contributed by atoms with Crippen LogP contribution < -0.4 is 19.5 Å². The average molecular weight is 489 g/mol. The molecule has 2 rings (SSSR count). The van der Waals surface area contributed by atoms with Gasteiger partial charge in [0.25, 0.3) is 5.56 Å². The highest BCUT2D eigenvalue weighted by Gasteiger charge is 2.19. The number of aromatic nitrogens is 1. The van der Waals surface area contributed by atoms with Crippen LogP contribution in [0.1, 0.15) is 26.3 Å². The molecular weight excluding hydrogens is 470 g/mol. The number of ketones is 1. The highest BCUT2D eigenvalue weighted by molar-refractivity contribution is 9.11. The maximum atomic E-state index is 12.5. The fourth-order valence-corrected chi connectivity index (χ4v) is 4.52. The Morgan fingerprint density at radius 3 is 2.48 bits per heavy atom. The number of benzene rings is 1. The lowest BCUT2D eigenvalue weighted by Gasteiger charge is -2.12. The molecular formula is C18H19Br2NO3S. The third-order valence-electron chi connectivity index (χ3n) is 3.58. The zero-order chi connectivity index (χ0) is 18.9. The molecule has 0 unspecified atom stereocenters. The molecule has 0 amide bonds. The van der Waals surface area contributed by atoms with Gasteiger partial charge in [-0.15, -0.1) is 11.3 Å². The number of halogens is 2. The van der Waals surface area contributed by atoms with Crippen LogP contribution in [0.3, 0.4) is 0 Å². The topological polar surface area (TPSA) is 48.3 Å². The van der Waals surface area contributed by atoms with Crippen LogP contribution in [0.2, 0.25) is 0 Å². The molecule has 0 atom stereocenters. The van der Waals surface area contributed by atoms with E-state index >= 15 is 0 Å². The lowest BCUT2D eigenvalue weighted by Crippen LogP contribution is -2.30. The van der Waals surface area contributed by atoms with Gasteiger partial charge in [0.2, 0.25) is 0 Å². The number of nitrogens with zero attached hydrogens (tertiary/aromatic N) is 1. The smallest absolute Gasteiger partial charge is 0.268 e. The fraction of sp³-hybridized carbons (Fsp3) is 0.333. The normalized spacial score (nSPS) is 13.4. The Morgan fingerprint density at radius 1 is 1.28 bits per heavy atom. The molecule has 4 nitrogen and oxygen atoms in total. The minimum absolute atomic E-state index is 0.0151. The van der Waals surface area contributed by atoms with Crippen LogP contribution in [0.15, 0.2) is 25.9 Å². The van der Waals surface area contributed by atoms with E-state index in [1.165, 1.54) is 22.0 Å². The molecule has 0 fully saturated rings. The number of hydrogen-bond donors (Lipinski definition) is 0. The molecule has 0 aliphatic heterocycles. The highest BCUT2D eigenvalue weighted by atomic mass is 79.9. The summed E-state index contributed by atoms with van der Waals surface area (Å²) in [5.41, 5.74) is 0.148. The molecule has 25 heavy (non-hydrogen) atoms. The fourth-order valence-electron chi connectivity index (χ4n) is 2.08. The summed E-state index contributed by atoms with van der Waals surface area (Å²) < 4.78 is 9.75. The van der Waals surface area contributed by atoms with Crippen LogP contribution in [-0.4, -0.2) is 17.5 Å². The Bertz CT molecular complexity index is 997. The third-order valence-corrected chi connectivity index (χ3v) is 5.74. The van der Waals surface area contributed by atoms with Crippen LogP contribution in [0.5, 0.6) is 5.75 Å². The van der Waals surface area contributed by atoms with E-state index < -0.39 is 5.41 Å². The monoisotopic (exact) mass is 487 g/mol. The van der Waals surface area contributed by atoms with Gasteiger partial charge < -0.3 is 9.30 Å². The summed E-state index contributed by atoms with van der Waals surface area (Å²) in [7, 11) is 3.26. The van der Waals surface area contributed by atoms with E-state index in [0.29, 0.717) is 14.9 Å². The van der Waals surface area contributed by atoms with Gasteiger partial charge in [0.15, 0.2) is 5.78 Å². The number of thiazole rings is 1. The summed E-state index contributed by atoms with van der Waals surface area (Å²) in [5, 5.41) is 0. The van der Waals surface area contributed by atoms with Gasteiger partial charge in [0.1, 0.15) is 10.4 Å². The molecule has 0 spiro atoms. The molecule has 1 aromatic heterocycles. The number of rotatable bonds is 3. The van der Waals surface area contributed by atoms with Crippen molar-refractivity contribution in [3.63, 3.8) is 0 Å². The Hall–Kier alpha value is -1.18. The molecule has 0 aliphatic carbocycles. The molecule has 1 aromatic carbocycles. The van der Waals surface area contributed by atoms with Gasteiger partial charge in [-0.1, -0.05) is 36.7 Å². The first-order valence-electron chi connectivity index (χ1n) is 7.51. The van der Waals surface area contributed by atoms with E-state index in [2.05, 4.69) is 31.9 Å². The molecule has 2 aromatic rings. The van der Waals surface area contributed by atoms with E-state index in [1.54, 1.807) is 20.2 Å². The summed E-state index contributed by atoms with van der Waals surface area (Å²) in [6, 6.07) is 3.76. The first-order chi connectivity index (χ1) is 11.5. The zero-order valence-corrected chi connectivity index (χ0v) is 18.6. The van der Waals surface area contributed by atoms with E-state index in [0.717, 1.165) is 14.5 Å². The minimum Gasteiger partial charge on any atom is -0.495 e. The minimum atomic E-state index is -0.484. The molecule has 0 radical (unpaired) electrons. The second-order valence-electron chi connectivity index (χ2n) is 6.58. The van der Waals surface area contributed by atoms with Crippen LogP contribution in [0.4, 0.5) is 0 Å². The lowest BCUT2D eigenvalue weighted by molar-refractivity contribution is -0.120. The number of hydrogen-bond acceptors (Lipinski definition) is 4. The van der Waals surface area contributed by atoms with Crippen molar-refractivity contribution in [3.8, 4) is 5.75 Å². The Morgan fingerprint density at radius 2 is 1.92 bits per heavy atom. The van der Waals surface area contributed by atoms with E-state index in [1.807, 2.05) is 32.9 Å². The predicted molar refractivity (Wildman–Crippen MR) is 110 cm³/mol. The van der Waals surface area contributed by atoms with Crippen LogP contribution in [0.25, 0.3) is 12.2 Å². The molecule has 1 heterocycles. The van der Waals surface area contributed by atoms with E-state index in [9.17, 15) is 9.59 Å². The Balaban J connectivity index is 2.70. The highest BCUT2D eigenvalue weighted by Crippen LogP contribution is 2.33. The summed E-state index contributed by atoms with van der Waals surface area (Å²) in [6.45, 7) is 5.57. The molecule has 0 N–H and O–H groups in total. The number of Topliss-reactive ketones (excluding diaryl/α,β-unsaturated/α-hetero) is 1. The quantitative estimate of drug-likeness (QED) is 0.666. The predicted octanol–water partition coefficient (Wildman–Crippen LogP) is 3.20. The summed E-state index contributed by atoms with van der Waals surface area (Å²) in [4.78, 5) is 24.8. The van der Waals surface area contributed by atoms with Gasteiger partial charge in [0, 0.05) is 28.6 Å². The van der Waals surface area contributed by atoms with E-state index in [4.69, 9.17) is 4.74 Å². The maximum absolute atomic E-state index is 12.5. The average Bonchev–Trinajstić information content (AvgIpc) is 2.74. The molecule has 0 saturated carbocycles. The number of carbonyl (C=O) groups is 1. The van der Waals surface area contributed by atoms with Gasteiger partial charge in [-0.05, 0) is 34.1 Å². The second-order valence-corrected chi connectivity index (χ2v) is 9.41. The van der Waals surface area contributed by atoms with Crippen molar-refractivity contribution in [1.29, 1.82) is 0 Å². The van der Waals surface area contributed by atoms with Crippen molar-refractivity contribution in [2.75, 3.05) is 7.11 Å². The third kappa shape index (κ3) is 4.51. The van der Waals surface area contributed by atoms with Gasteiger partial charge in [-0.25, -0.2) is 0 Å². The Labute approximate surface area is 167 Å². The van der Waals surface area contributed by atoms with Crippen molar-refractivity contribution in [1.82, 2.24) is 4.57 Å². The first kappa shape index (κ1) is 20.1. The van der Waals surface area contributed by atoms with Gasteiger partial charge in [-0.2, -0.15) is 0 Å². The molecule has 7 heteroatoms. The Kier molecular flexibility index (Phi) is 6.12. The summed E-state index contributed by atoms with van der Waals surface area (Å²) in [6.07, 6.45) is 3.32. The summed E-state index contributed by atoms with van der Waals surface area (Å²) >= 11 is 8.19. The van der Waals surface area contributed by atoms with Crippen LogP contribution in [-0.2, 0) is 11.8 Å². The van der Waals surface area contributed by atoms with Crippen molar-refractivity contribution >= 4 is 61.1 Å². The number of carbonyl (C=O) groups excluding carboxylic acids is 1. The van der Waals surface area contributed by atoms with Crippen molar-refractivity contribution < 1.29 is 9.53 Å². The van der Waals surface area contributed by atoms with Crippen molar-refractivity contribution in [2.45, 2.75) is 20.8 Å². The molecule has 0 bridgehead atoms. The molecule has 0 saturated heterocycles. The molecule has 0 aliphatic rings. The first-order valence-corrected chi connectivity index (χ1v) is 9.91. The van der Waals surface area contributed by atoms with Gasteiger partial charge in [-0.3, -0.25) is 9.59 Å².